The van der Waals surface area contributed by atoms with Crippen molar-refractivity contribution < 1.29 is 4.79 Å². The third-order valence-corrected chi connectivity index (χ3v) is 4.93. The number of carbonyl (C=O) groups is 1. The highest BCUT2D eigenvalue weighted by atomic mass is 35.5. The molecule has 1 aromatic heterocycles. The molecule has 2 N–H and O–H groups in total. The highest BCUT2D eigenvalue weighted by molar-refractivity contribution is 7.14. The van der Waals surface area contributed by atoms with E-state index >= 15 is 0 Å². The summed E-state index contributed by atoms with van der Waals surface area (Å²) in [6.07, 6.45) is 2.65. The Balaban J connectivity index is 1.57. The Hall–Kier alpha value is -1.43. The summed E-state index contributed by atoms with van der Waals surface area (Å²) in [6.45, 7) is 2.10. The van der Waals surface area contributed by atoms with Crippen molar-refractivity contribution in [1.29, 1.82) is 0 Å². The van der Waals surface area contributed by atoms with E-state index in [0.717, 1.165) is 30.8 Å². The van der Waals surface area contributed by atoms with Crippen molar-refractivity contribution in [2.75, 3.05) is 18.4 Å². The van der Waals surface area contributed by atoms with E-state index in [1.165, 1.54) is 17.8 Å². The Morgan fingerprint density at radius 2 is 2.32 bits per heavy atom. The number of carbonyl (C=O) groups excluding carboxylic acids is 1. The van der Waals surface area contributed by atoms with Crippen LogP contribution in [0.4, 0.5) is 5.13 Å². The molecule has 0 spiro atoms. The van der Waals surface area contributed by atoms with Gasteiger partial charge in [0.25, 0.3) is 0 Å². The van der Waals surface area contributed by atoms with Gasteiger partial charge in [0.1, 0.15) is 0 Å². The van der Waals surface area contributed by atoms with Gasteiger partial charge in [-0.05, 0) is 37.9 Å². The van der Waals surface area contributed by atoms with Crippen LogP contribution in [0.25, 0.3) is 11.3 Å². The van der Waals surface area contributed by atoms with Crippen LogP contribution in [-0.2, 0) is 4.79 Å². The highest BCUT2D eigenvalue weighted by Crippen LogP contribution is 2.30. The van der Waals surface area contributed by atoms with Gasteiger partial charge in [-0.3, -0.25) is 4.79 Å². The zero-order valence-corrected chi connectivity index (χ0v) is 13.7. The van der Waals surface area contributed by atoms with Gasteiger partial charge in [-0.15, -0.1) is 11.3 Å². The SMILES string of the molecule is O=C(CCC1CCNC1)Nc1nc(-c2ccccc2Cl)cs1. The lowest BCUT2D eigenvalue weighted by Crippen LogP contribution is -2.14. The number of rotatable bonds is 5. The fraction of sp³-hybridized carbons (Fsp3) is 0.375. The number of nitrogens with zero attached hydrogens (tertiary/aromatic N) is 1. The number of halogens is 1. The number of amides is 1. The zero-order valence-electron chi connectivity index (χ0n) is 12.1. The summed E-state index contributed by atoms with van der Waals surface area (Å²) in [5.41, 5.74) is 1.68. The van der Waals surface area contributed by atoms with Crippen LogP contribution in [0.3, 0.4) is 0 Å². The molecule has 1 amide bonds. The van der Waals surface area contributed by atoms with Gasteiger partial charge in [0.2, 0.25) is 5.91 Å². The second-order valence-electron chi connectivity index (χ2n) is 5.46. The van der Waals surface area contributed by atoms with Gasteiger partial charge in [-0.25, -0.2) is 4.98 Å². The molecule has 2 aromatic rings. The predicted octanol–water partition coefficient (Wildman–Crippen LogP) is 3.79. The minimum absolute atomic E-state index is 0.0342. The van der Waals surface area contributed by atoms with Gasteiger partial charge in [-0.1, -0.05) is 29.8 Å². The van der Waals surface area contributed by atoms with Crippen LogP contribution in [0.15, 0.2) is 29.6 Å². The van der Waals surface area contributed by atoms with E-state index in [1.54, 1.807) is 0 Å². The summed E-state index contributed by atoms with van der Waals surface area (Å²) >= 11 is 7.59. The lowest BCUT2D eigenvalue weighted by atomic mass is 10.0. The smallest absolute Gasteiger partial charge is 0.226 e. The van der Waals surface area contributed by atoms with Gasteiger partial charge in [0, 0.05) is 22.4 Å². The van der Waals surface area contributed by atoms with Crippen molar-refractivity contribution in [3.63, 3.8) is 0 Å². The molecule has 1 atom stereocenters. The molecule has 1 unspecified atom stereocenters. The molecule has 1 aliphatic heterocycles. The number of hydrogen-bond acceptors (Lipinski definition) is 4. The topological polar surface area (TPSA) is 54.0 Å². The molecular formula is C16H18ClN3OS. The molecule has 6 heteroatoms. The molecule has 2 heterocycles. The lowest BCUT2D eigenvalue weighted by molar-refractivity contribution is -0.116. The molecule has 0 radical (unpaired) electrons. The Morgan fingerprint density at radius 1 is 1.45 bits per heavy atom. The van der Waals surface area contributed by atoms with Crippen LogP contribution in [0.5, 0.6) is 0 Å². The first-order valence-corrected chi connectivity index (χ1v) is 8.69. The van der Waals surface area contributed by atoms with Crippen molar-refractivity contribution in [3.05, 3.63) is 34.7 Å². The van der Waals surface area contributed by atoms with Gasteiger partial charge in [0.05, 0.1) is 5.69 Å². The van der Waals surface area contributed by atoms with E-state index in [4.69, 9.17) is 11.6 Å². The van der Waals surface area contributed by atoms with E-state index in [0.29, 0.717) is 22.5 Å². The summed E-state index contributed by atoms with van der Waals surface area (Å²) in [5, 5.41) is 9.41. The first kappa shape index (κ1) is 15.5. The molecule has 1 saturated heterocycles. The largest absolute Gasteiger partial charge is 0.316 e. The summed E-state index contributed by atoms with van der Waals surface area (Å²) in [7, 11) is 0. The van der Waals surface area contributed by atoms with Gasteiger partial charge >= 0.3 is 0 Å². The predicted molar refractivity (Wildman–Crippen MR) is 91.4 cm³/mol. The molecule has 1 aliphatic rings. The third-order valence-electron chi connectivity index (χ3n) is 3.84. The van der Waals surface area contributed by atoms with E-state index in [-0.39, 0.29) is 5.91 Å². The molecule has 0 aliphatic carbocycles. The fourth-order valence-corrected chi connectivity index (χ4v) is 3.56. The third kappa shape index (κ3) is 3.85. The van der Waals surface area contributed by atoms with Crippen LogP contribution in [-0.4, -0.2) is 24.0 Å². The highest BCUT2D eigenvalue weighted by Gasteiger charge is 2.16. The number of benzene rings is 1. The average Bonchev–Trinajstić information content (AvgIpc) is 3.17. The Morgan fingerprint density at radius 3 is 3.09 bits per heavy atom. The maximum atomic E-state index is 12.0. The molecular weight excluding hydrogens is 318 g/mol. The fourth-order valence-electron chi connectivity index (χ4n) is 2.60. The molecule has 22 heavy (non-hydrogen) atoms. The number of hydrogen-bond donors (Lipinski definition) is 2. The van der Waals surface area contributed by atoms with E-state index < -0.39 is 0 Å². The van der Waals surface area contributed by atoms with Crippen LogP contribution in [0, 0.1) is 5.92 Å². The van der Waals surface area contributed by atoms with E-state index in [1.807, 2.05) is 29.6 Å². The second-order valence-corrected chi connectivity index (χ2v) is 6.73. The quantitative estimate of drug-likeness (QED) is 0.874. The van der Waals surface area contributed by atoms with Crippen molar-refractivity contribution in [1.82, 2.24) is 10.3 Å². The molecule has 116 valence electrons. The number of anilines is 1. The summed E-state index contributed by atoms with van der Waals surface area (Å²) in [4.78, 5) is 16.4. The van der Waals surface area contributed by atoms with Crippen molar-refractivity contribution in [2.45, 2.75) is 19.3 Å². The second kappa shape index (κ2) is 7.22. The van der Waals surface area contributed by atoms with Crippen molar-refractivity contribution in [2.24, 2.45) is 5.92 Å². The Kier molecular flexibility index (Phi) is 5.08. The summed E-state index contributed by atoms with van der Waals surface area (Å²) < 4.78 is 0. The average molecular weight is 336 g/mol. The minimum atomic E-state index is 0.0342. The van der Waals surface area contributed by atoms with Crippen molar-refractivity contribution in [3.8, 4) is 11.3 Å². The first-order valence-electron chi connectivity index (χ1n) is 7.43. The maximum Gasteiger partial charge on any atom is 0.226 e. The number of aromatic nitrogens is 1. The number of thiazole rings is 1. The summed E-state index contributed by atoms with van der Waals surface area (Å²) in [5.74, 6) is 0.660. The Labute approximate surface area is 138 Å². The van der Waals surface area contributed by atoms with Crippen molar-refractivity contribution >= 4 is 34.0 Å². The maximum absolute atomic E-state index is 12.0. The monoisotopic (exact) mass is 335 g/mol. The Bertz CT molecular complexity index is 652. The lowest BCUT2D eigenvalue weighted by Gasteiger charge is -2.07. The molecule has 1 fully saturated rings. The molecule has 0 saturated carbocycles. The number of nitrogens with one attached hydrogen (secondary N) is 2. The normalized spacial score (nSPS) is 17.6. The van der Waals surface area contributed by atoms with Crippen LogP contribution >= 0.6 is 22.9 Å². The minimum Gasteiger partial charge on any atom is -0.316 e. The molecule has 0 bridgehead atoms. The van der Waals surface area contributed by atoms with Crippen LogP contribution in [0.1, 0.15) is 19.3 Å². The van der Waals surface area contributed by atoms with Crippen LogP contribution in [0.2, 0.25) is 5.02 Å². The molecule has 1 aromatic carbocycles. The van der Waals surface area contributed by atoms with Crippen LogP contribution < -0.4 is 10.6 Å². The summed E-state index contributed by atoms with van der Waals surface area (Å²) in [6, 6.07) is 7.58. The molecule has 3 rings (SSSR count). The zero-order chi connectivity index (χ0) is 15.4. The van der Waals surface area contributed by atoms with Gasteiger partial charge in [0.15, 0.2) is 5.13 Å². The van der Waals surface area contributed by atoms with Gasteiger partial charge in [-0.2, -0.15) is 0 Å². The standard InChI is InChI=1S/C16H18ClN3OS/c17-13-4-2-1-3-12(13)14-10-22-16(19-14)20-15(21)6-5-11-7-8-18-9-11/h1-4,10-11,18H,5-9H2,(H,19,20,21). The van der Waals surface area contributed by atoms with E-state index in [9.17, 15) is 4.79 Å². The molecule has 4 nitrogen and oxygen atoms in total. The first-order chi connectivity index (χ1) is 10.7. The van der Waals surface area contributed by atoms with Gasteiger partial charge < -0.3 is 10.6 Å². The van der Waals surface area contributed by atoms with E-state index in [2.05, 4.69) is 15.6 Å².